The van der Waals surface area contributed by atoms with E-state index < -0.39 is 11.8 Å². The highest BCUT2D eigenvalue weighted by Gasteiger charge is 2.12. The molecule has 0 bridgehead atoms. The molecule has 0 unspecified atom stereocenters. The molecule has 0 saturated carbocycles. The second-order valence-corrected chi connectivity index (χ2v) is 6.43. The van der Waals surface area contributed by atoms with Crippen molar-refractivity contribution in [2.24, 2.45) is 5.10 Å². The molecule has 0 heterocycles. The molecule has 8 heteroatoms. The number of amides is 2. The van der Waals surface area contributed by atoms with Crippen molar-refractivity contribution in [1.82, 2.24) is 10.7 Å². The SMILES string of the molecule is CCCOc1ccc(C=NNC(=O)C(=O)NCc2ccc(Cl)cc2)cc1OCC. The van der Waals surface area contributed by atoms with Crippen LogP contribution in [-0.2, 0) is 16.1 Å². The van der Waals surface area contributed by atoms with Crippen LogP contribution >= 0.6 is 11.6 Å². The molecular weight excluding hydrogens is 394 g/mol. The summed E-state index contributed by atoms with van der Waals surface area (Å²) in [7, 11) is 0. The van der Waals surface area contributed by atoms with Gasteiger partial charge in [0.05, 0.1) is 19.4 Å². The van der Waals surface area contributed by atoms with Crippen LogP contribution in [0.3, 0.4) is 0 Å². The molecule has 0 spiro atoms. The van der Waals surface area contributed by atoms with Crippen molar-refractivity contribution in [3.8, 4) is 11.5 Å². The maximum absolute atomic E-state index is 11.9. The van der Waals surface area contributed by atoms with Crippen LogP contribution in [0.4, 0.5) is 0 Å². The van der Waals surface area contributed by atoms with Crippen molar-refractivity contribution < 1.29 is 19.1 Å². The molecule has 2 N–H and O–H groups in total. The number of hydrazone groups is 1. The molecule has 0 fully saturated rings. The lowest BCUT2D eigenvalue weighted by Gasteiger charge is -2.11. The van der Waals surface area contributed by atoms with E-state index in [-0.39, 0.29) is 6.54 Å². The summed E-state index contributed by atoms with van der Waals surface area (Å²) in [6, 6.07) is 12.3. The molecule has 154 valence electrons. The number of hydrogen-bond acceptors (Lipinski definition) is 5. The Balaban J connectivity index is 1.88. The fourth-order valence-corrected chi connectivity index (χ4v) is 2.41. The van der Waals surface area contributed by atoms with Crippen LogP contribution in [0.5, 0.6) is 11.5 Å². The molecule has 7 nitrogen and oxygen atoms in total. The minimum Gasteiger partial charge on any atom is -0.490 e. The average molecular weight is 418 g/mol. The first kappa shape index (κ1) is 22.2. The zero-order valence-corrected chi connectivity index (χ0v) is 17.2. The number of halogens is 1. The Labute approximate surface area is 175 Å². The Morgan fingerprint density at radius 2 is 1.79 bits per heavy atom. The Kier molecular flexibility index (Phi) is 8.98. The highest BCUT2D eigenvalue weighted by molar-refractivity contribution is 6.35. The molecule has 0 aliphatic heterocycles. The molecule has 0 radical (unpaired) electrons. The summed E-state index contributed by atoms with van der Waals surface area (Å²) in [6.07, 6.45) is 2.32. The maximum Gasteiger partial charge on any atom is 0.329 e. The molecule has 29 heavy (non-hydrogen) atoms. The van der Waals surface area contributed by atoms with Gasteiger partial charge in [-0.25, -0.2) is 5.43 Å². The van der Waals surface area contributed by atoms with E-state index in [1.165, 1.54) is 6.21 Å². The van der Waals surface area contributed by atoms with E-state index in [9.17, 15) is 9.59 Å². The van der Waals surface area contributed by atoms with Crippen molar-refractivity contribution in [3.05, 3.63) is 58.6 Å². The van der Waals surface area contributed by atoms with Crippen LogP contribution < -0.4 is 20.2 Å². The molecule has 0 atom stereocenters. The van der Waals surface area contributed by atoms with Crippen molar-refractivity contribution in [2.75, 3.05) is 13.2 Å². The summed E-state index contributed by atoms with van der Waals surface area (Å²) >= 11 is 5.81. The number of nitrogens with zero attached hydrogens (tertiary/aromatic N) is 1. The summed E-state index contributed by atoms with van der Waals surface area (Å²) in [4.78, 5) is 23.7. The third-order valence-corrected chi connectivity index (χ3v) is 3.93. The summed E-state index contributed by atoms with van der Waals surface area (Å²) < 4.78 is 11.2. The van der Waals surface area contributed by atoms with Gasteiger partial charge in [-0.2, -0.15) is 5.10 Å². The summed E-state index contributed by atoms with van der Waals surface area (Å²) in [6.45, 7) is 5.20. The molecule has 2 amide bonds. The first-order chi connectivity index (χ1) is 14.0. The summed E-state index contributed by atoms with van der Waals surface area (Å²) in [5.41, 5.74) is 3.72. The molecular formula is C21H24ClN3O4. The lowest BCUT2D eigenvalue weighted by Crippen LogP contribution is -2.37. The largest absolute Gasteiger partial charge is 0.490 e. The van der Waals surface area contributed by atoms with E-state index in [0.29, 0.717) is 35.3 Å². The second-order valence-electron chi connectivity index (χ2n) is 6.00. The van der Waals surface area contributed by atoms with Gasteiger partial charge < -0.3 is 14.8 Å². The Hall–Kier alpha value is -3.06. The monoisotopic (exact) mass is 417 g/mol. The van der Waals surface area contributed by atoms with E-state index in [1.807, 2.05) is 13.8 Å². The first-order valence-electron chi connectivity index (χ1n) is 9.28. The van der Waals surface area contributed by atoms with Crippen LogP contribution in [0.2, 0.25) is 5.02 Å². The van der Waals surface area contributed by atoms with Gasteiger partial charge in [0.2, 0.25) is 0 Å². The Morgan fingerprint density at radius 3 is 2.48 bits per heavy atom. The first-order valence-corrected chi connectivity index (χ1v) is 9.66. The second kappa shape index (κ2) is 11.7. The van der Waals surface area contributed by atoms with E-state index in [2.05, 4.69) is 15.8 Å². The average Bonchev–Trinajstić information content (AvgIpc) is 2.72. The lowest BCUT2D eigenvalue weighted by molar-refractivity contribution is -0.139. The fraction of sp³-hybridized carbons (Fsp3) is 0.286. The molecule has 0 saturated heterocycles. The van der Waals surface area contributed by atoms with Crippen LogP contribution in [0.1, 0.15) is 31.4 Å². The van der Waals surface area contributed by atoms with Crippen LogP contribution in [0.25, 0.3) is 0 Å². The molecule has 2 aromatic carbocycles. The predicted molar refractivity (Wildman–Crippen MR) is 112 cm³/mol. The standard InChI is InChI=1S/C21H24ClN3O4/c1-3-11-29-18-10-7-16(12-19(18)28-4-2)14-24-25-21(27)20(26)23-13-15-5-8-17(22)9-6-15/h5-10,12,14H,3-4,11,13H2,1-2H3,(H,23,26)(H,25,27). The fourth-order valence-electron chi connectivity index (χ4n) is 2.29. The third kappa shape index (κ3) is 7.46. The highest BCUT2D eigenvalue weighted by atomic mass is 35.5. The Morgan fingerprint density at radius 1 is 1.03 bits per heavy atom. The number of carbonyl (C=O) groups excluding carboxylic acids is 2. The molecule has 0 aliphatic carbocycles. The number of benzene rings is 2. The lowest BCUT2D eigenvalue weighted by atomic mass is 10.2. The smallest absolute Gasteiger partial charge is 0.329 e. The van der Waals surface area contributed by atoms with Crippen molar-refractivity contribution >= 4 is 29.6 Å². The van der Waals surface area contributed by atoms with E-state index >= 15 is 0 Å². The third-order valence-electron chi connectivity index (χ3n) is 3.68. The normalized spacial score (nSPS) is 10.6. The van der Waals surface area contributed by atoms with Gasteiger partial charge in [0.15, 0.2) is 11.5 Å². The number of carbonyl (C=O) groups is 2. The summed E-state index contributed by atoms with van der Waals surface area (Å²) in [5, 5.41) is 6.94. The van der Waals surface area contributed by atoms with Gasteiger partial charge in [0.25, 0.3) is 0 Å². The molecule has 0 aliphatic rings. The van der Waals surface area contributed by atoms with Crippen molar-refractivity contribution in [3.63, 3.8) is 0 Å². The number of nitrogens with one attached hydrogen (secondary N) is 2. The van der Waals surface area contributed by atoms with E-state index in [0.717, 1.165) is 12.0 Å². The van der Waals surface area contributed by atoms with Gasteiger partial charge in [-0.1, -0.05) is 30.7 Å². The molecule has 2 aromatic rings. The highest BCUT2D eigenvalue weighted by Crippen LogP contribution is 2.28. The van der Waals surface area contributed by atoms with Crippen molar-refractivity contribution in [2.45, 2.75) is 26.8 Å². The van der Waals surface area contributed by atoms with Gasteiger partial charge >= 0.3 is 11.8 Å². The minimum atomic E-state index is -0.858. The van der Waals surface area contributed by atoms with Gasteiger partial charge in [0, 0.05) is 11.6 Å². The van der Waals surface area contributed by atoms with E-state index in [1.54, 1.807) is 42.5 Å². The zero-order valence-electron chi connectivity index (χ0n) is 16.4. The number of rotatable bonds is 9. The van der Waals surface area contributed by atoms with Crippen molar-refractivity contribution in [1.29, 1.82) is 0 Å². The minimum absolute atomic E-state index is 0.212. The number of hydrogen-bond donors (Lipinski definition) is 2. The van der Waals surface area contributed by atoms with E-state index in [4.69, 9.17) is 21.1 Å². The summed E-state index contributed by atoms with van der Waals surface area (Å²) in [5.74, 6) is -0.396. The molecule has 0 aromatic heterocycles. The van der Waals surface area contributed by atoms with Crippen LogP contribution in [0, 0.1) is 0 Å². The molecule has 2 rings (SSSR count). The Bertz CT molecular complexity index is 854. The van der Waals surface area contributed by atoms with Crippen LogP contribution in [-0.4, -0.2) is 31.2 Å². The van der Waals surface area contributed by atoms with Gasteiger partial charge in [0.1, 0.15) is 0 Å². The van der Waals surface area contributed by atoms with Gasteiger partial charge in [-0.3, -0.25) is 9.59 Å². The van der Waals surface area contributed by atoms with Gasteiger partial charge in [-0.05, 0) is 54.8 Å². The van der Waals surface area contributed by atoms with Crippen LogP contribution in [0.15, 0.2) is 47.6 Å². The predicted octanol–water partition coefficient (Wildman–Crippen LogP) is 3.29. The quantitative estimate of drug-likeness (QED) is 0.372. The zero-order chi connectivity index (χ0) is 21.1. The topological polar surface area (TPSA) is 89.0 Å². The maximum atomic E-state index is 11.9. The van der Waals surface area contributed by atoms with Gasteiger partial charge in [-0.15, -0.1) is 0 Å². The number of ether oxygens (including phenoxy) is 2.